The van der Waals surface area contributed by atoms with E-state index in [1.54, 1.807) is 12.1 Å². The topological polar surface area (TPSA) is 83.6 Å². The van der Waals surface area contributed by atoms with Crippen molar-refractivity contribution in [2.24, 2.45) is 0 Å². The highest BCUT2D eigenvalue weighted by molar-refractivity contribution is 7.91. The van der Waals surface area contributed by atoms with E-state index in [1.165, 1.54) is 11.8 Å². The van der Waals surface area contributed by atoms with Crippen molar-refractivity contribution < 1.29 is 18.0 Å². The summed E-state index contributed by atoms with van der Waals surface area (Å²) in [4.78, 5) is 25.2. The standard InChI is InChI=1S/C16H21ClN2O4S/c1-12(20)19(15-7-9-24(22,23)11-15)8-6-16(21)18-10-13-2-4-14(17)5-3-13/h2-5,15H,6-11H2,1H3,(H,18,21). The van der Waals surface area contributed by atoms with Crippen molar-refractivity contribution in [3.63, 3.8) is 0 Å². The number of hydrogen-bond acceptors (Lipinski definition) is 4. The Labute approximate surface area is 147 Å². The van der Waals surface area contributed by atoms with Crippen molar-refractivity contribution in [3.05, 3.63) is 34.9 Å². The third kappa shape index (κ3) is 5.49. The van der Waals surface area contributed by atoms with Crippen LogP contribution in [0.3, 0.4) is 0 Å². The van der Waals surface area contributed by atoms with E-state index >= 15 is 0 Å². The zero-order chi connectivity index (χ0) is 17.7. The van der Waals surface area contributed by atoms with Crippen molar-refractivity contribution in [3.8, 4) is 0 Å². The van der Waals surface area contributed by atoms with Crippen LogP contribution in [0.2, 0.25) is 5.02 Å². The van der Waals surface area contributed by atoms with Crippen molar-refractivity contribution in [2.75, 3.05) is 18.1 Å². The summed E-state index contributed by atoms with van der Waals surface area (Å²) in [5, 5.41) is 3.41. The van der Waals surface area contributed by atoms with Crippen molar-refractivity contribution in [1.82, 2.24) is 10.2 Å². The Morgan fingerprint density at radius 3 is 2.50 bits per heavy atom. The number of nitrogens with zero attached hydrogens (tertiary/aromatic N) is 1. The Morgan fingerprint density at radius 2 is 1.96 bits per heavy atom. The molecule has 24 heavy (non-hydrogen) atoms. The van der Waals surface area contributed by atoms with E-state index in [2.05, 4.69) is 5.32 Å². The number of hydrogen-bond donors (Lipinski definition) is 1. The monoisotopic (exact) mass is 372 g/mol. The molecule has 0 aromatic heterocycles. The highest BCUT2D eigenvalue weighted by atomic mass is 35.5. The van der Waals surface area contributed by atoms with E-state index in [4.69, 9.17) is 11.6 Å². The maximum atomic E-state index is 12.0. The summed E-state index contributed by atoms with van der Waals surface area (Å²) in [6, 6.07) is 6.83. The van der Waals surface area contributed by atoms with Crippen LogP contribution in [0.5, 0.6) is 0 Å². The predicted octanol–water partition coefficient (Wildman–Crippen LogP) is 1.38. The van der Waals surface area contributed by atoms with E-state index in [1.807, 2.05) is 12.1 Å². The minimum absolute atomic E-state index is 0.0149. The summed E-state index contributed by atoms with van der Waals surface area (Å²) < 4.78 is 23.1. The Morgan fingerprint density at radius 1 is 1.29 bits per heavy atom. The molecule has 1 N–H and O–H groups in total. The number of nitrogens with one attached hydrogen (secondary N) is 1. The summed E-state index contributed by atoms with van der Waals surface area (Å²) >= 11 is 5.80. The maximum absolute atomic E-state index is 12.0. The molecule has 1 aromatic rings. The second kappa shape index (κ2) is 7.98. The maximum Gasteiger partial charge on any atom is 0.222 e. The molecule has 2 amide bonds. The molecule has 0 bridgehead atoms. The fraction of sp³-hybridized carbons (Fsp3) is 0.500. The van der Waals surface area contributed by atoms with Gasteiger partial charge in [0.1, 0.15) is 0 Å². The largest absolute Gasteiger partial charge is 0.352 e. The van der Waals surface area contributed by atoms with E-state index in [0.717, 1.165) is 5.56 Å². The van der Waals surface area contributed by atoms with Gasteiger partial charge in [0.2, 0.25) is 11.8 Å². The molecule has 2 rings (SSSR count). The van der Waals surface area contributed by atoms with Gasteiger partial charge in [-0.25, -0.2) is 8.42 Å². The third-order valence-electron chi connectivity index (χ3n) is 4.04. The smallest absolute Gasteiger partial charge is 0.222 e. The van der Waals surface area contributed by atoms with Gasteiger partial charge < -0.3 is 10.2 Å². The van der Waals surface area contributed by atoms with Gasteiger partial charge in [0, 0.05) is 37.5 Å². The summed E-state index contributed by atoms with van der Waals surface area (Å²) in [6.45, 7) is 2.01. The Kier molecular flexibility index (Phi) is 6.23. The first-order valence-corrected chi connectivity index (χ1v) is 9.95. The summed E-state index contributed by atoms with van der Waals surface area (Å²) in [5.74, 6) is -0.303. The lowest BCUT2D eigenvalue weighted by molar-refractivity contribution is -0.131. The molecule has 1 unspecified atom stereocenters. The van der Waals surface area contributed by atoms with Crippen LogP contribution in [0.4, 0.5) is 0 Å². The molecule has 1 atom stereocenters. The number of sulfone groups is 1. The average Bonchev–Trinajstić information content (AvgIpc) is 2.86. The molecule has 1 aliphatic heterocycles. The molecule has 1 saturated heterocycles. The van der Waals surface area contributed by atoms with Gasteiger partial charge in [-0.05, 0) is 24.1 Å². The normalized spacial score (nSPS) is 19.0. The second-order valence-electron chi connectivity index (χ2n) is 5.92. The van der Waals surface area contributed by atoms with Gasteiger partial charge in [0.25, 0.3) is 0 Å². The van der Waals surface area contributed by atoms with Crippen LogP contribution in [-0.2, 0) is 26.0 Å². The highest BCUT2D eigenvalue weighted by Gasteiger charge is 2.33. The van der Waals surface area contributed by atoms with Crippen LogP contribution in [0.1, 0.15) is 25.3 Å². The van der Waals surface area contributed by atoms with Gasteiger partial charge in [-0.1, -0.05) is 23.7 Å². The van der Waals surface area contributed by atoms with Crippen molar-refractivity contribution in [2.45, 2.75) is 32.4 Å². The Hall–Kier alpha value is -1.60. The van der Waals surface area contributed by atoms with E-state index in [0.29, 0.717) is 18.0 Å². The first-order valence-electron chi connectivity index (χ1n) is 7.75. The molecule has 1 heterocycles. The zero-order valence-electron chi connectivity index (χ0n) is 13.5. The van der Waals surface area contributed by atoms with Crippen LogP contribution in [-0.4, -0.2) is 49.2 Å². The minimum atomic E-state index is -3.07. The van der Waals surface area contributed by atoms with E-state index < -0.39 is 9.84 Å². The summed E-state index contributed by atoms with van der Waals surface area (Å²) in [5.41, 5.74) is 0.929. The van der Waals surface area contributed by atoms with Crippen LogP contribution < -0.4 is 5.32 Å². The van der Waals surface area contributed by atoms with Crippen molar-refractivity contribution in [1.29, 1.82) is 0 Å². The Bertz CT molecular complexity index is 703. The van der Waals surface area contributed by atoms with E-state index in [9.17, 15) is 18.0 Å². The van der Waals surface area contributed by atoms with Gasteiger partial charge in [0.05, 0.1) is 11.5 Å². The number of benzene rings is 1. The van der Waals surface area contributed by atoms with E-state index in [-0.39, 0.29) is 42.3 Å². The number of halogens is 1. The third-order valence-corrected chi connectivity index (χ3v) is 6.04. The quantitative estimate of drug-likeness (QED) is 0.817. The molecule has 1 aromatic carbocycles. The SMILES string of the molecule is CC(=O)N(CCC(=O)NCc1ccc(Cl)cc1)C1CCS(=O)(=O)C1. The summed E-state index contributed by atoms with van der Waals surface area (Å²) in [7, 11) is -3.07. The van der Waals surface area contributed by atoms with Gasteiger partial charge in [-0.15, -0.1) is 0 Å². The van der Waals surface area contributed by atoms with Crippen LogP contribution in [0.15, 0.2) is 24.3 Å². The van der Waals surface area contributed by atoms with Gasteiger partial charge in [-0.2, -0.15) is 0 Å². The van der Waals surface area contributed by atoms with Gasteiger partial charge in [-0.3, -0.25) is 9.59 Å². The fourth-order valence-electron chi connectivity index (χ4n) is 2.73. The second-order valence-corrected chi connectivity index (χ2v) is 8.59. The average molecular weight is 373 g/mol. The first-order chi connectivity index (χ1) is 11.3. The summed E-state index contributed by atoms with van der Waals surface area (Å²) in [6.07, 6.45) is 0.581. The van der Waals surface area contributed by atoms with Crippen LogP contribution >= 0.6 is 11.6 Å². The van der Waals surface area contributed by atoms with Crippen LogP contribution in [0.25, 0.3) is 0 Å². The lowest BCUT2D eigenvalue weighted by Gasteiger charge is -2.26. The molecular formula is C16H21ClN2O4S. The number of amides is 2. The van der Waals surface area contributed by atoms with Gasteiger partial charge in [0.15, 0.2) is 9.84 Å². The molecular weight excluding hydrogens is 352 g/mol. The Balaban J connectivity index is 1.82. The van der Waals surface area contributed by atoms with Crippen molar-refractivity contribution >= 4 is 33.3 Å². The number of rotatable bonds is 6. The molecule has 1 fully saturated rings. The molecule has 6 nitrogen and oxygen atoms in total. The highest BCUT2D eigenvalue weighted by Crippen LogP contribution is 2.18. The lowest BCUT2D eigenvalue weighted by Crippen LogP contribution is -2.42. The molecule has 8 heteroatoms. The molecule has 0 saturated carbocycles. The fourth-order valence-corrected chi connectivity index (χ4v) is 4.59. The molecule has 0 spiro atoms. The first kappa shape index (κ1) is 18.7. The molecule has 132 valence electrons. The number of carbonyl (C=O) groups is 2. The predicted molar refractivity (Wildman–Crippen MR) is 92.4 cm³/mol. The minimum Gasteiger partial charge on any atom is -0.352 e. The number of carbonyl (C=O) groups excluding carboxylic acids is 2. The molecule has 0 aliphatic carbocycles. The van der Waals surface area contributed by atoms with Crippen LogP contribution in [0, 0.1) is 0 Å². The van der Waals surface area contributed by atoms with Gasteiger partial charge >= 0.3 is 0 Å². The zero-order valence-corrected chi connectivity index (χ0v) is 15.1. The molecule has 1 aliphatic rings. The molecule has 0 radical (unpaired) electrons. The lowest BCUT2D eigenvalue weighted by atomic mass is 10.2.